The van der Waals surface area contributed by atoms with Gasteiger partial charge in [0.05, 0.1) is 0 Å². The summed E-state index contributed by atoms with van der Waals surface area (Å²) in [6.07, 6.45) is -3.71. The topological polar surface area (TPSA) is 53.1 Å². The Labute approximate surface area is 93.9 Å². The smallest absolute Gasteiger partial charge is 0.406 e. The molecule has 1 aromatic heterocycles. The van der Waals surface area contributed by atoms with Gasteiger partial charge in [-0.2, -0.15) is 13.2 Å². The van der Waals surface area contributed by atoms with E-state index in [1.807, 2.05) is 0 Å². The first kappa shape index (κ1) is 11.5. The molecule has 2 aromatic rings. The highest BCUT2D eigenvalue weighted by molar-refractivity contribution is 5.89. The number of hydrogen-bond acceptors (Lipinski definition) is 1. The number of nitrogens with one attached hydrogen (secondary N) is 1. The first-order chi connectivity index (χ1) is 7.91. The first-order valence-corrected chi connectivity index (χ1v) is 4.77. The number of para-hydroxylation sites is 1. The molecule has 0 bridgehead atoms. The lowest BCUT2D eigenvalue weighted by atomic mass is 9.98. The Hall–Kier alpha value is -1.98. The first-order valence-electron chi connectivity index (χ1n) is 4.77. The average Bonchev–Trinajstić information content (AvgIpc) is 2.60. The van der Waals surface area contributed by atoms with E-state index >= 15 is 0 Å². The normalized spacial score (nSPS) is 13.8. The molecule has 2 rings (SSSR count). The number of hydrogen-bond donors (Lipinski definition) is 2. The van der Waals surface area contributed by atoms with Gasteiger partial charge in [-0.15, -0.1) is 0 Å². The third kappa shape index (κ3) is 1.98. The Morgan fingerprint density at radius 2 is 1.94 bits per heavy atom. The van der Waals surface area contributed by atoms with Gasteiger partial charge in [-0.3, -0.25) is 4.79 Å². The van der Waals surface area contributed by atoms with Crippen LogP contribution in [0.4, 0.5) is 13.2 Å². The van der Waals surface area contributed by atoms with Crippen LogP contribution >= 0.6 is 0 Å². The van der Waals surface area contributed by atoms with Crippen LogP contribution in [-0.4, -0.2) is 22.2 Å². The number of alkyl halides is 3. The summed E-state index contributed by atoms with van der Waals surface area (Å²) in [6.45, 7) is 0. The number of aromatic nitrogens is 1. The van der Waals surface area contributed by atoms with Crippen LogP contribution in [-0.2, 0) is 4.79 Å². The molecule has 0 fully saturated rings. The molecule has 1 atom stereocenters. The molecule has 0 saturated carbocycles. The summed E-state index contributed by atoms with van der Waals surface area (Å²) in [6, 6.07) is 6.28. The molecule has 90 valence electrons. The van der Waals surface area contributed by atoms with Crippen molar-refractivity contribution in [1.29, 1.82) is 0 Å². The fourth-order valence-electron chi connectivity index (χ4n) is 1.78. The van der Waals surface area contributed by atoms with Crippen molar-refractivity contribution >= 4 is 16.9 Å². The molecule has 0 radical (unpaired) electrons. The number of halogens is 3. The standard InChI is InChI=1S/C11H8F3NO2/c12-11(13,14)9(10(16)17)7-5-15-8-4-2-1-3-6(7)8/h1-5,9,15H,(H,16,17)/t9-/m0/s1. The molecule has 2 N–H and O–H groups in total. The molecule has 0 aliphatic rings. The Kier molecular flexibility index (Phi) is 2.57. The van der Waals surface area contributed by atoms with Gasteiger partial charge in [0, 0.05) is 22.7 Å². The second-order valence-electron chi connectivity index (χ2n) is 3.60. The minimum Gasteiger partial charge on any atom is -0.481 e. The van der Waals surface area contributed by atoms with E-state index in [9.17, 15) is 18.0 Å². The zero-order valence-corrected chi connectivity index (χ0v) is 8.45. The van der Waals surface area contributed by atoms with Crippen molar-refractivity contribution in [3.63, 3.8) is 0 Å². The molecule has 1 heterocycles. The van der Waals surface area contributed by atoms with E-state index < -0.39 is 18.1 Å². The van der Waals surface area contributed by atoms with Crippen molar-refractivity contribution in [2.45, 2.75) is 12.1 Å². The molecule has 0 amide bonds. The number of benzene rings is 1. The Bertz CT molecular complexity index is 559. The maximum Gasteiger partial charge on any atom is 0.406 e. The van der Waals surface area contributed by atoms with E-state index in [4.69, 9.17) is 5.11 Å². The quantitative estimate of drug-likeness (QED) is 0.852. The summed E-state index contributed by atoms with van der Waals surface area (Å²) in [5.74, 6) is -4.40. The van der Waals surface area contributed by atoms with E-state index in [1.54, 1.807) is 18.2 Å². The minimum absolute atomic E-state index is 0.263. The lowest BCUT2D eigenvalue weighted by molar-refractivity contribution is -0.176. The highest BCUT2D eigenvalue weighted by Crippen LogP contribution is 2.38. The van der Waals surface area contributed by atoms with Crippen LogP contribution in [0.1, 0.15) is 11.5 Å². The van der Waals surface area contributed by atoms with Gasteiger partial charge < -0.3 is 10.1 Å². The number of carbonyl (C=O) groups is 1. The monoisotopic (exact) mass is 243 g/mol. The van der Waals surface area contributed by atoms with Gasteiger partial charge in [-0.25, -0.2) is 0 Å². The van der Waals surface area contributed by atoms with Crippen molar-refractivity contribution in [2.75, 3.05) is 0 Å². The van der Waals surface area contributed by atoms with Gasteiger partial charge in [-0.1, -0.05) is 18.2 Å². The highest BCUT2D eigenvalue weighted by Gasteiger charge is 2.47. The van der Waals surface area contributed by atoms with Crippen LogP contribution in [0, 0.1) is 0 Å². The van der Waals surface area contributed by atoms with Gasteiger partial charge in [-0.05, 0) is 6.07 Å². The fraction of sp³-hybridized carbons (Fsp3) is 0.182. The molecule has 6 heteroatoms. The number of aliphatic carboxylic acids is 1. The summed E-state index contributed by atoms with van der Waals surface area (Å²) in [5, 5.41) is 8.98. The highest BCUT2D eigenvalue weighted by atomic mass is 19.4. The predicted octanol–water partition coefficient (Wildman–Crippen LogP) is 2.90. The van der Waals surface area contributed by atoms with E-state index in [-0.39, 0.29) is 10.9 Å². The Balaban J connectivity index is 2.61. The lowest BCUT2D eigenvalue weighted by Gasteiger charge is -2.15. The number of aromatic amines is 1. The molecular weight excluding hydrogens is 235 g/mol. The van der Waals surface area contributed by atoms with Gasteiger partial charge in [0.25, 0.3) is 0 Å². The largest absolute Gasteiger partial charge is 0.481 e. The third-order valence-corrected chi connectivity index (χ3v) is 2.51. The molecule has 0 aliphatic carbocycles. The summed E-state index contributed by atoms with van der Waals surface area (Å²) < 4.78 is 38.0. The third-order valence-electron chi connectivity index (χ3n) is 2.51. The summed E-state index contributed by atoms with van der Waals surface area (Å²) in [5.41, 5.74) is 0.221. The maximum atomic E-state index is 12.7. The molecule has 0 unspecified atom stereocenters. The van der Waals surface area contributed by atoms with Gasteiger partial charge in [0.1, 0.15) is 0 Å². The minimum atomic E-state index is -4.81. The van der Waals surface area contributed by atoms with Crippen LogP contribution in [0.15, 0.2) is 30.5 Å². The maximum absolute atomic E-state index is 12.7. The van der Waals surface area contributed by atoms with Crippen LogP contribution in [0.3, 0.4) is 0 Å². The number of carboxylic acids is 1. The average molecular weight is 243 g/mol. The molecule has 0 saturated heterocycles. The van der Waals surface area contributed by atoms with Crippen LogP contribution in [0.25, 0.3) is 10.9 Å². The number of fused-ring (bicyclic) bond motifs is 1. The van der Waals surface area contributed by atoms with Gasteiger partial charge in [0.15, 0.2) is 5.92 Å². The van der Waals surface area contributed by atoms with E-state index in [2.05, 4.69) is 4.98 Å². The molecule has 1 aromatic carbocycles. The molecule has 3 nitrogen and oxygen atoms in total. The van der Waals surface area contributed by atoms with Crippen molar-refractivity contribution in [3.05, 3.63) is 36.0 Å². The molecule has 0 aliphatic heterocycles. The number of carboxylic acid groups (broad SMARTS) is 1. The van der Waals surface area contributed by atoms with Crippen molar-refractivity contribution in [2.24, 2.45) is 0 Å². The Morgan fingerprint density at radius 1 is 1.29 bits per heavy atom. The number of H-pyrrole nitrogens is 1. The zero-order chi connectivity index (χ0) is 12.6. The van der Waals surface area contributed by atoms with Crippen molar-refractivity contribution < 1.29 is 23.1 Å². The van der Waals surface area contributed by atoms with Gasteiger partial charge >= 0.3 is 12.1 Å². The molecule has 0 spiro atoms. The van der Waals surface area contributed by atoms with Crippen LogP contribution in [0.2, 0.25) is 0 Å². The lowest BCUT2D eigenvalue weighted by Crippen LogP contribution is -2.28. The van der Waals surface area contributed by atoms with Crippen LogP contribution < -0.4 is 0 Å². The van der Waals surface area contributed by atoms with E-state index in [0.717, 1.165) is 6.20 Å². The summed E-state index contributed by atoms with van der Waals surface area (Å²) in [4.78, 5) is 13.4. The van der Waals surface area contributed by atoms with E-state index in [1.165, 1.54) is 6.07 Å². The van der Waals surface area contributed by atoms with Crippen molar-refractivity contribution in [3.8, 4) is 0 Å². The van der Waals surface area contributed by atoms with Crippen LogP contribution in [0.5, 0.6) is 0 Å². The van der Waals surface area contributed by atoms with E-state index in [0.29, 0.717) is 5.52 Å². The zero-order valence-electron chi connectivity index (χ0n) is 8.45. The fourth-order valence-corrected chi connectivity index (χ4v) is 1.78. The predicted molar refractivity (Wildman–Crippen MR) is 54.7 cm³/mol. The Morgan fingerprint density at radius 3 is 2.53 bits per heavy atom. The summed E-state index contributed by atoms with van der Waals surface area (Å²) in [7, 11) is 0. The summed E-state index contributed by atoms with van der Waals surface area (Å²) >= 11 is 0. The second-order valence-corrected chi connectivity index (χ2v) is 3.60. The van der Waals surface area contributed by atoms with Crippen molar-refractivity contribution in [1.82, 2.24) is 4.98 Å². The molecular formula is C11H8F3NO2. The molecule has 17 heavy (non-hydrogen) atoms. The SMILES string of the molecule is O=C(O)[C@H](c1c[nH]c2ccccc12)C(F)(F)F. The second kappa shape index (κ2) is 3.80. The number of rotatable bonds is 2. The van der Waals surface area contributed by atoms with Gasteiger partial charge in [0.2, 0.25) is 0 Å².